The lowest BCUT2D eigenvalue weighted by Gasteiger charge is -2.28. The predicted molar refractivity (Wildman–Crippen MR) is 104 cm³/mol. The van der Waals surface area contributed by atoms with E-state index in [0.717, 1.165) is 18.4 Å². The Morgan fingerprint density at radius 1 is 1.12 bits per heavy atom. The maximum absolute atomic E-state index is 12.7. The van der Waals surface area contributed by atoms with E-state index in [9.17, 15) is 13.2 Å². The molecule has 0 spiro atoms. The zero-order valence-electron chi connectivity index (χ0n) is 14.9. The van der Waals surface area contributed by atoms with E-state index in [2.05, 4.69) is 5.32 Å². The minimum atomic E-state index is -3.29. The number of benzene rings is 2. The highest BCUT2D eigenvalue weighted by atomic mass is 32.2. The second-order valence-electron chi connectivity index (χ2n) is 6.49. The number of nitrogens with one attached hydrogen (secondary N) is 1. The summed E-state index contributed by atoms with van der Waals surface area (Å²) in [5.74, 6) is -0.0352. The van der Waals surface area contributed by atoms with E-state index < -0.39 is 10.0 Å². The number of rotatable bonds is 5. The summed E-state index contributed by atoms with van der Waals surface area (Å²) >= 11 is 0. The van der Waals surface area contributed by atoms with E-state index in [1.807, 2.05) is 37.3 Å². The molecule has 1 fully saturated rings. The lowest BCUT2D eigenvalue weighted by Crippen LogP contribution is -2.38. The minimum Gasteiger partial charge on any atom is -0.345 e. The van der Waals surface area contributed by atoms with Gasteiger partial charge < -0.3 is 5.32 Å². The van der Waals surface area contributed by atoms with Crippen molar-refractivity contribution in [2.75, 3.05) is 16.6 Å². The third kappa shape index (κ3) is 4.07. The van der Waals surface area contributed by atoms with Gasteiger partial charge in [0.25, 0.3) is 5.91 Å². The van der Waals surface area contributed by atoms with Crippen LogP contribution in [0.5, 0.6) is 0 Å². The molecule has 1 saturated heterocycles. The van der Waals surface area contributed by atoms with Crippen LogP contribution >= 0.6 is 0 Å². The highest BCUT2D eigenvalue weighted by molar-refractivity contribution is 7.92. The lowest BCUT2D eigenvalue weighted by atomic mass is 10.0. The zero-order chi connectivity index (χ0) is 18.6. The fourth-order valence-electron chi connectivity index (χ4n) is 3.23. The maximum atomic E-state index is 12.7. The van der Waals surface area contributed by atoms with Crippen molar-refractivity contribution >= 4 is 21.6 Å². The normalized spacial score (nSPS) is 17.5. The van der Waals surface area contributed by atoms with E-state index >= 15 is 0 Å². The number of hydrogen-bond acceptors (Lipinski definition) is 3. The highest BCUT2D eigenvalue weighted by Crippen LogP contribution is 2.25. The van der Waals surface area contributed by atoms with Gasteiger partial charge in [0.2, 0.25) is 10.0 Å². The van der Waals surface area contributed by atoms with Gasteiger partial charge in [-0.15, -0.1) is 0 Å². The van der Waals surface area contributed by atoms with Crippen LogP contribution in [0.3, 0.4) is 0 Å². The van der Waals surface area contributed by atoms with Crippen LogP contribution in [0.2, 0.25) is 0 Å². The highest BCUT2D eigenvalue weighted by Gasteiger charge is 2.26. The molecule has 1 atom stereocenters. The Labute approximate surface area is 155 Å². The molecule has 138 valence electrons. The van der Waals surface area contributed by atoms with Crippen molar-refractivity contribution in [2.24, 2.45) is 0 Å². The summed E-state index contributed by atoms with van der Waals surface area (Å²) in [7, 11) is -3.29. The predicted octanol–water partition coefficient (Wildman–Crippen LogP) is 3.50. The Kier molecular flexibility index (Phi) is 5.61. The van der Waals surface area contributed by atoms with Gasteiger partial charge in [0.05, 0.1) is 17.5 Å². The summed E-state index contributed by atoms with van der Waals surface area (Å²) in [4.78, 5) is 12.7. The molecule has 1 heterocycles. The van der Waals surface area contributed by atoms with Crippen LogP contribution in [0, 0.1) is 0 Å². The third-order valence-corrected chi connectivity index (χ3v) is 6.53. The van der Waals surface area contributed by atoms with Gasteiger partial charge in [-0.25, -0.2) is 8.42 Å². The molecule has 1 aliphatic rings. The smallest absolute Gasteiger partial charge is 0.251 e. The molecule has 5 nitrogen and oxygen atoms in total. The summed E-state index contributed by atoms with van der Waals surface area (Å²) in [6.45, 7) is 2.49. The van der Waals surface area contributed by atoms with Crippen LogP contribution in [-0.2, 0) is 10.0 Å². The second-order valence-corrected chi connectivity index (χ2v) is 8.50. The molecule has 2 aromatic carbocycles. The fraction of sp³-hybridized carbons (Fsp3) is 0.350. The SMILES string of the molecule is CC[C@@H](NC(=O)c1cccc(N2CCCCS2(=O)=O)c1)c1ccccc1. The van der Waals surface area contributed by atoms with Crippen molar-refractivity contribution in [3.8, 4) is 0 Å². The molecular formula is C20H24N2O3S. The van der Waals surface area contributed by atoms with Gasteiger partial charge in [-0.05, 0) is 43.0 Å². The van der Waals surface area contributed by atoms with E-state index in [0.29, 0.717) is 24.2 Å². The van der Waals surface area contributed by atoms with Crippen LogP contribution in [0.1, 0.15) is 48.1 Å². The molecule has 0 radical (unpaired) electrons. The Morgan fingerprint density at radius 3 is 2.58 bits per heavy atom. The van der Waals surface area contributed by atoms with Crippen molar-refractivity contribution < 1.29 is 13.2 Å². The van der Waals surface area contributed by atoms with Gasteiger partial charge in [-0.1, -0.05) is 43.3 Å². The first kappa shape index (κ1) is 18.5. The molecular weight excluding hydrogens is 348 g/mol. The summed E-state index contributed by atoms with van der Waals surface area (Å²) in [5, 5.41) is 3.04. The first-order chi connectivity index (χ1) is 12.5. The van der Waals surface area contributed by atoms with Crippen LogP contribution in [0.15, 0.2) is 54.6 Å². The third-order valence-electron chi connectivity index (χ3n) is 4.66. The lowest BCUT2D eigenvalue weighted by molar-refractivity contribution is 0.0935. The number of hydrogen-bond donors (Lipinski definition) is 1. The molecule has 0 bridgehead atoms. The van der Waals surface area contributed by atoms with Crippen molar-refractivity contribution in [1.82, 2.24) is 5.32 Å². The Balaban J connectivity index is 1.80. The average Bonchev–Trinajstić information content (AvgIpc) is 2.66. The molecule has 1 aliphatic heterocycles. The average molecular weight is 372 g/mol. The molecule has 6 heteroatoms. The number of carbonyl (C=O) groups excluding carboxylic acids is 1. The summed E-state index contributed by atoms with van der Waals surface area (Å²) in [6, 6.07) is 16.6. The van der Waals surface area contributed by atoms with Gasteiger partial charge in [0.1, 0.15) is 0 Å². The van der Waals surface area contributed by atoms with Crippen LogP contribution in [0.25, 0.3) is 0 Å². The van der Waals surface area contributed by atoms with Crippen LogP contribution < -0.4 is 9.62 Å². The number of anilines is 1. The summed E-state index contributed by atoms with van der Waals surface area (Å²) < 4.78 is 26.0. The van der Waals surface area contributed by atoms with Crippen molar-refractivity contribution in [2.45, 2.75) is 32.2 Å². The van der Waals surface area contributed by atoms with Gasteiger partial charge in [-0.2, -0.15) is 0 Å². The number of nitrogens with zero attached hydrogens (tertiary/aromatic N) is 1. The first-order valence-corrected chi connectivity index (χ1v) is 10.6. The summed E-state index contributed by atoms with van der Waals surface area (Å²) in [5.41, 5.74) is 2.08. The van der Waals surface area contributed by atoms with Crippen LogP contribution in [0.4, 0.5) is 5.69 Å². The van der Waals surface area contributed by atoms with Crippen molar-refractivity contribution in [3.63, 3.8) is 0 Å². The van der Waals surface area contributed by atoms with Gasteiger partial charge >= 0.3 is 0 Å². The van der Waals surface area contributed by atoms with Gasteiger partial charge in [0, 0.05) is 12.1 Å². The molecule has 1 N–H and O–H groups in total. The molecule has 1 amide bonds. The molecule has 0 aliphatic carbocycles. The van der Waals surface area contributed by atoms with Crippen LogP contribution in [-0.4, -0.2) is 26.6 Å². The van der Waals surface area contributed by atoms with E-state index in [1.54, 1.807) is 24.3 Å². The van der Waals surface area contributed by atoms with Crippen molar-refractivity contribution in [1.29, 1.82) is 0 Å². The standard InChI is InChI=1S/C20H24N2O3S/c1-2-19(16-9-4-3-5-10-16)21-20(23)17-11-8-12-18(15-17)22-13-6-7-14-26(22,24)25/h3-5,8-12,15,19H,2,6-7,13-14H2,1H3,(H,21,23)/t19-/m1/s1. The first-order valence-electron chi connectivity index (χ1n) is 8.97. The Bertz CT molecular complexity index is 866. The van der Waals surface area contributed by atoms with E-state index in [-0.39, 0.29) is 17.7 Å². The van der Waals surface area contributed by atoms with Gasteiger partial charge in [0.15, 0.2) is 0 Å². The minimum absolute atomic E-state index is 0.0777. The number of sulfonamides is 1. The second kappa shape index (κ2) is 7.91. The van der Waals surface area contributed by atoms with Gasteiger partial charge in [-0.3, -0.25) is 9.10 Å². The monoisotopic (exact) mass is 372 g/mol. The largest absolute Gasteiger partial charge is 0.345 e. The number of carbonyl (C=O) groups is 1. The van der Waals surface area contributed by atoms with Crippen molar-refractivity contribution in [3.05, 3.63) is 65.7 Å². The molecule has 2 aromatic rings. The van der Waals surface area contributed by atoms with E-state index in [4.69, 9.17) is 0 Å². The summed E-state index contributed by atoms with van der Waals surface area (Å²) in [6.07, 6.45) is 2.30. The molecule has 3 rings (SSSR count). The Hall–Kier alpha value is -2.34. The zero-order valence-corrected chi connectivity index (χ0v) is 15.7. The Morgan fingerprint density at radius 2 is 1.88 bits per heavy atom. The molecule has 26 heavy (non-hydrogen) atoms. The van der Waals surface area contributed by atoms with E-state index in [1.165, 1.54) is 4.31 Å². The maximum Gasteiger partial charge on any atom is 0.251 e. The molecule has 0 aromatic heterocycles. The topological polar surface area (TPSA) is 66.5 Å². The fourth-order valence-corrected chi connectivity index (χ4v) is 4.86. The molecule has 0 saturated carbocycles. The molecule has 0 unspecified atom stereocenters. The number of amides is 1. The quantitative estimate of drug-likeness (QED) is 0.873.